The number of aldehydes is 1. The lowest BCUT2D eigenvalue weighted by atomic mass is 10.00. The molecule has 0 spiro atoms. The zero-order valence-corrected chi connectivity index (χ0v) is 10.3. The maximum absolute atomic E-state index is 10.4. The first-order valence-corrected chi connectivity index (χ1v) is 5.30. The van der Waals surface area contributed by atoms with Crippen molar-refractivity contribution in [3.63, 3.8) is 0 Å². The van der Waals surface area contributed by atoms with Crippen LogP contribution in [0.3, 0.4) is 0 Å². The number of methoxy groups -OCH3 is 2. The SMILES string of the molecule is COc1cc(CCC=O)c(OC)c(C)c1C. The Morgan fingerprint density at radius 3 is 2.38 bits per heavy atom. The largest absolute Gasteiger partial charge is 0.496 e. The Balaban J connectivity index is 3.23. The van der Waals surface area contributed by atoms with Crippen LogP contribution in [0.5, 0.6) is 11.5 Å². The van der Waals surface area contributed by atoms with Crippen LogP contribution in [0.4, 0.5) is 0 Å². The van der Waals surface area contributed by atoms with Gasteiger partial charge in [-0.25, -0.2) is 0 Å². The lowest BCUT2D eigenvalue weighted by molar-refractivity contribution is -0.107. The summed E-state index contributed by atoms with van der Waals surface area (Å²) in [6, 6.07) is 1.95. The summed E-state index contributed by atoms with van der Waals surface area (Å²) in [7, 11) is 3.30. The van der Waals surface area contributed by atoms with Crippen molar-refractivity contribution in [3.05, 3.63) is 22.8 Å². The standard InChI is InChI=1S/C13H18O3/c1-9-10(2)13(16-4)11(6-5-7-14)8-12(9)15-3/h7-8H,5-6H2,1-4H3. The van der Waals surface area contributed by atoms with Gasteiger partial charge in [0.2, 0.25) is 0 Å². The molecule has 0 saturated carbocycles. The number of hydrogen-bond donors (Lipinski definition) is 0. The summed E-state index contributed by atoms with van der Waals surface area (Å²) in [5.74, 6) is 1.71. The lowest BCUT2D eigenvalue weighted by Gasteiger charge is -2.16. The highest BCUT2D eigenvalue weighted by atomic mass is 16.5. The van der Waals surface area contributed by atoms with Crippen molar-refractivity contribution in [2.24, 2.45) is 0 Å². The van der Waals surface area contributed by atoms with Crippen molar-refractivity contribution >= 4 is 6.29 Å². The van der Waals surface area contributed by atoms with Gasteiger partial charge >= 0.3 is 0 Å². The molecular weight excluding hydrogens is 204 g/mol. The van der Waals surface area contributed by atoms with Crippen LogP contribution in [0.2, 0.25) is 0 Å². The Morgan fingerprint density at radius 2 is 1.88 bits per heavy atom. The van der Waals surface area contributed by atoms with E-state index in [1.165, 1.54) is 0 Å². The molecule has 16 heavy (non-hydrogen) atoms. The van der Waals surface area contributed by atoms with E-state index in [0.29, 0.717) is 12.8 Å². The van der Waals surface area contributed by atoms with Gasteiger partial charge in [-0.05, 0) is 43.0 Å². The summed E-state index contributed by atoms with van der Waals surface area (Å²) in [6.45, 7) is 4.00. The molecule has 0 heterocycles. The molecule has 0 aromatic heterocycles. The van der Waals surface area contributed by atoms with Gasteiger partial charge in [0.25, 0.3) is 0 Å². The van der Waals surface area contributed by atoms with E-state index in [0.717, 1.165) is 34.5 Å². The van der Waals surface area contributed by atoms with Crippen LogP contribution >= 0.6 is 0 Å². The van der Waals surface area contributed by atoms with E-state index < -0.39 is 0 Å². The second kappa shape index (κ2) is 5.54. The van der Waals surface area contributed by atoms with E-state index in [1.807, 2.05) is 19.9 Å². The number of ether oxygens (including phenoxy) is 2. The van der Waals surface area contributed by atoms with Crippen molar-refractivity contribution in [1.82, 2.24) is 0 Å². The minimum absolute atomic E-state index is 0.502. The highest BCUT2D eigenvalue weighted by Gasteiger charge is 2.13. The molecule has 1 aromatic rings. The van der Waals surface area contributed by atoms with Crippen molar-refractivity contribution in [2.45, 2.75) is 26.7 Å². The predicted molar refractivity (Wildman–Crippen MR) is 63.4 cm³/mol. The summed E-state index contributed by atoms with van der Waals surface area (Å²) in [4.78, 5) is 10.4. The van der Waals surface area contributed by atoms with Crippen LogP contribution in [-0.2, 0) is 11.2 Å². The maximum Gasteiger partial charge on any atom is 0.125 e. The first kappa shape index (κ1) is 12.6. The Hall–Kier alpha value is -1.51. The van der Waals surface area contributed by atoms with Gasteiger partial charge in [0.15, 0.2) is 0 Å². The average molecular weight is 222 g/mol. The summed E-state index contributed by atoms with van der Waals surface area (Å²) in [6.07, 6.45) is 2.10. The summed E-state index contributed by atoms with van der Waals surface area (Å²) >= 11 is 0. The van der Waals surface area contributed by atoms with Crippen molar-refractivity contribution in [2.75, 3.05) is 14.2 Å². The smallest absolute Gasteiger partial charge is 0.125 e. The molecule has 1 aromatic carbocycles. The van der Waals surface area contributed by atoms with Gasteiger partial charge in [-0.1, -0.05) is 0 Å². The van der Waals surface area contributed by atoms with Crippen LogP contribution in [-0.4, -0.2) is 20.5 Å². The van der Waals surface area contributed by atoms with Crippen LogP contribution in [0, 0.1) is 13.8 Å². The molecule has 0 aliphatic heterocycles. The molecule has 0 aliphatic carbocycles. The van der Waals surface area contributed by atoms with Crippen LogP contribution in [0.15, 0.2) is 6.07 Å². The van der Waals surface area contributed by atoms with Crippen molar-refractivity contribution < 1.29 is 14.3 Å². The third-order valence-electron chi connectivity index (χ3n) is 2.83. The van der Waals surface area contributed by atoms with Crippen molar-refractivity contribution in [1.29, 1.82) is 0 Å². The molecule has 0 atom stereocenters. The van der Waals surface area contributed by atoms with E-state index >= 15 is 0 Å². The zero-order valence-electron chi connectivity index (χ0n) is 10.3. The molecule has 3 nitrogen and oxygen atoms in total. The zero-order chi connectivity index (χ0) is 12.1. The molecule has 0 N–H and O–H groups in total. The first-order valence-electron chi connectivity index (χ1n) is 5.30. The predicted octanol–water partition coefficient (Wildman–Crippen LogP) is 2.45. The van der Waals surface area contributed by atoms with Crippen molar-refractivity contribution in [3.8, 4) is 11.5 Å². The Labute approximate surface area is 96.4 Å². The third-order valence-corrected chi connectivity index (χ3v) is 2.83. The topological polar surface area (TPSA) is 35.5 Å². The highest BCUT2D eigenvalue weighted by molar-refractivity contribution is 5.55. The van der Waals surface area contributed by atoms with Gasteiger partial charge in [-0.2, -0.15) is 0 Å². The van der Waals surface area contributed by atoms with Crippen LogP contribution in [0.25, 0.3) is 0 Å². The number of carbonyl (C=O) groups excluding carboxylic acids is 1. The molecule has 88 valence electrons. The number of benzene rings is 1. The Kier molecular flexibility index (Phi) is 4.35. The van der Waals surface area contributed by atoms with E-state index in [4.69, 9.17) is 9.47 Å². The molecule has 0 bridgehead atoms. The first-order chi connectivity index (χ1) is 7.65. The van der Waals surface area contributed by atoms with Gasteiger partial charge in [0.05, 0.1) is 14.2 Å². The van der Waals surface area contributed by atoms with Gasteiger partial charge < -0.3 is 14.3 Å². The maximum atomic E-state index is 10.4. The summed E-state index contributed by atoms with van der Waals surface area (Å²) in [5, 5.41) is 0. The monoisotopic (exact) mass is 222 g/mol. The van der Waals surface area contributed by atoms with Gasteiger partial charge in [-0.3, -0.25) is 0 Å². The second-order valence-electron chi connectivity index (χ2n) is 3.73. The molecule has 0 radical (unpaired) electrons. The lowest BCUT2D eigenvalue weighted by Crippen LogP contribution is -2.00. The molecule has 0 aliphatic rings. The Bertz CT molecular complexity index is 383. The van der Waals surface area contributed by atoms with E-state index in [-0.39, 0.29) is 0 Å². The Morgan fingerprint density at radius 1 is 1.19 bits per heavy atom. The highest BCUT2D eigenvalue weighted by Crippen LogP contribution is 2.33. The fraction of sp³-hybridized carbons (Fsp3) is 0.462. The second-order valence-corrected chi connectivity index (χ2v) is 3.73. The fourth-order valence-corrected chi connectivity index (χ4v) is 1.82. The number of hydrogen-bond acceptors (Lipinski definition) is 3. The minimum Gasteiger partial charge on any atom is -0.496 e. The van der Waals surface area contributed by atoms with Gasteiger partial charge in [-0.15, -0.1) is 0 Å². The van der Waals surface area contributed by atoms with Gasteiger partial charge in [0, 0.05) is 6.42 Å². The van der Waals surface area contributed by atoms with E-state index in [9.17, 15) is 4.79 Å². The van der Waals surface area contributed by atoms with Crippen LogP contribution in [0.1, 0.15) is 23.1 Å². The van der Waals surface area contributed by atoms with Gasteiger partial charge in [0.1, 0.15) is 17.8 Å². The van der Waals surface area contributed by atoms with Crippen LogP contribution < -0.4 is 9.47 Å². The fourth-order valence-electron chi connectivity index (χ4n) is 1.82. The quantitative estimate of drug-likeness (QED) is 0.718. The third kappa shape index (κ3) is 2.35. The average Bonchev–Trinajstić information content (AvgIpc) is 2.30. The summed E-state index contributed by atoms with van der Waals surface area (Å²) < 4.78 is 10.7. The number of aryl methyl sites for hydroxylation is 1. The molecular formula is C13H18O3. The molecule has 1 rings (SSSR count). The summed E-state index contributed by atoms with van der Waals surface area (Å²) in [5.41, 5.74) is 3.17. The number of carbonyl (C=O) groups is 1. The van der Waals surface area contributed by atoms with E-state index in [2.05, 4.69) is 0 Å². The molecule has 0 fully saturated rings. The molecule has 0 amide bonds. The minimum atomic E-state index is 0.502. The molecule has 0 saturated heterocycles. The van der Waals surface area contributed by atoms with E-state index in [1.54, 1.807) is 14.2 Å². The normalized spacial score (nSPS) is 10.0. The molecule has 3 heteroatoms. The molecule has 0 unspecified atom stereocenters. The number of rotatable bonds is 5.